The molecule has 6 nitrogen and oxygen atoms in total. The number of piperazine rings is 1. The van der Waals surface area contributed by atoms with Crippen LogP contribution in [0.25, 0.3) is 11.0 Å². The van der Waals surface area contributed by atoms with E-state index in [1.54, 1.807) is 0 Å². The van der Waals surface area contributed by atoms with Crippen molar-refractivity contribution in [2.24, 2.45) is 0 Å². The van der Waals surface area contributed by atoms with Crippen LogP contribution >= 0.6 is 11.6 Å². The molecular weight excluding hydrogens is 384 g/mol. The zero-order chi connectivity index (χ0) is 19.8. The fourth-order valence-corrected chi connectivity index (χ4v) is 4.85. The second kappa shape index (κ2) is 7.94. The molecule has 0 spiro atoms. The summed E-state index contributed by atoms with van der Waals surface area (Å²) in [5, 5.41) is 0.756. The van der Waals surface area contributed by atoms with Gasteiger partial charge in [-0.15, -0.1) is 0 Å². The molecule has 29 heavy (non-hydrogen) atoms. The predicted octanol–water partition coefficient (Wildman–Crippen LogP) is 3.70. The fourth-order valence-electron chi connectivity index (χ4n) is 4.61. The van der Waals surface area contributed by atoms with E-state index < -0.39 is 0 Å². The molecule has 1 atom stereocenters. The maximum Gasteiger partial charge on any atom is 0.121 e. The highest BCUT2D eigenvalue weighted by Gasteiger charge is 2.29. The summed E-state index contributed by atoms with van der Waals surface area (Å²) in [6, 6.07) is 10.5. The second-order valence-electron chi connectivity index (χ2n) is 8.15. The number of aromatic nitrogens is 3. The van der Waals surface area contributed by atoms with E-state index in [4.69, 9.17) is 16.6 Å². The number of imidazole rings is 1. The lowest BCUT2D eigenvalue weighted by Crippen LogP contribution is -2.44. The Morgan fingerprint density at radius 1 is 1.10 bits per heavy atom. The summed E-state index contributed by atoms with van der Waals surface area (Å²) in [6.45, 7) is 6.10. The monoisotopic (exact) mass is 410 g/mol. The molecule has 2 saturated heterocycles. The first kappa shape index (κ1) is 18.9. The first-order valence-electron chi connectivity index (χ1n) is 10.4. The van der Waals surface area contributed by atoms with Crippen molar-refractivity contribution in [3.63, 3.8) is 0 Å². The number of nitrogens with zero attached hydrogens (tertiary/aromatic N) is 5. The number of hydrogen-bond acceptors (Lipinski definition) is 5. The van der Waals surface area contributed by atoms with E-state index in [2.05, 4.69) is 49.9 Å². The summed E-state index contributed by atoms with van der Waals surface area (Å²) in [4.78, 5) is 20.4. The topological polar surface area (TPSA) is 51.3 Å². The van der Waals surface area contributed by atoms with Crippen LogP contribution in [0.4, 0.5) is 5.69 Å². The number of hydrogen-bond donors (Lipinski definition) is 1. The number of halogens is 1. The third-order valence-electron chi connectivity index (χ3n) is 6.20. The summed E-state index contributed by atoms with van der Waals surface area (Å²) < 4.78 is 0. The molecule has 0 aliphatic carbocycles. The molecule has 0 amide bonds. The minimum Gasteiger partial charge on any atom is -0.367 e. The maximum absolute atomic E-state index is 6.43. The molecule has 5 rings (SSSR count). The van der Waals surface area contributed by atoms with Crippen LogP contribution in [0.1, 0.15) is 30.4 Å². The first-order valence-corrected chi connectivity index (χ1v) is 10.8. The highest BCUT2D eigenvalue weighted by Crippen LogP contribution is 2.35. The van der Waals surface area contributed by atoms with Crippen molar-refractivity contribution in [1.29, 1.82) is 0 Å². The Bertz CT molecular complexity index is 994. The quantitative estimate of drug-likeness (QED) is 0.710. The smallest absolute Gasteiger partial charge is 0.121 e. The lowest BCUT2D eigenvalue weighted by Gasteiger charge is -2.34. The van der Waals surface area contributed by atoms with E-state index in [9.17, 15) is 0 Å². The van der Waals surface area contributed by atoms with Crippen LogP contribution in [0.2, 0.25) is 5.02 Å². The molecule has 152 valence electrons. The number of fused-ring (bicyclic) bond motifs is 1. The molecule has 7 heteroatoms. The molecule has 2 aliphatic rings. The van der Waals surface area contributed by atoms with Crippen LogP contribution in [-0.2, 0) is 6.54 Å². The van der Waals surface area contributed by atoms with Crippen molar-refractivity contribution in [3.8, 4) is 0 Å². The predicted molar refractivity (Wildman–Crippen MR) is 117 cm³/mol. The number of likely N-dealkylation sites (tertiary alicyclic amines) is 1. The van der Waals surface area contributed by atoms with E-state index in [1.807, 2.05) is 18.3 Å². The average molecular weight is 411 g/mol. The Balaban J connectivity index is 1.40. The van der Waals surface area contributed by atoms with Gasteiger partial charge in [0.1, 0.15) is 11.3 Å². The van der Waals surface area contributed by atoms with Crippen molar-refractivity contribution < 1.29 is 0 Å². The summed E-state index contributed by atoms with van der Waals surface area (Å²) in [5.41, 5.74) is 4.42. The Hall–Kier alpha value is -2.15. The number of rotatable bonds is 4. The molecule has 3 aromatic rings. The molecule has 0 radical (unpaired) electrons. The van der Waals surface area contributed by atoms with Crippen LogP contribution in [0.3, 0.4) is 0 Å². The summed E-state index contributed by atoms with van der Waals surface area (Å²) >= 11 is 6.43. The van der Waals surface area contributed by atoms with E-state index in [0.29, 0.717) is 0 Å². The van der Waals surface area contributed by atoms with Crippen LogP contribution in [0, 0.1) is 0 Å². The Kier molecular flexibility index (Phi) is 5.16. The Morgan fingerprint density at radius 3 is 2.79 bits per heavy atom. The second-order valence-corrected chi connectivity index (χ2v) is 8.55. The minimum absolute atomic E-state index is 0.258. The van der Waals surface area contributed by atoms with Gasteiger partial charge in [-0.3, -0.25) is 9.88 Å². The third kappa shape index (κ3) is 3.72. The number of pyridine rings is 1. The van der Waals surface area contributed by atoms with E-state index in [-0.39, 0.29) is 6.04 Å². The Labute approximate surface area is 176 Å². The average Bonchev–Trinajstić information content (AvgIpc) is 3.35. The van der Waals surface area contributed by atoms with Gasteiger partial charge in [-0.05, 0) is 50.7 Å². The molecule has 4 heterocycles. The van der Waals surface area contributed by atoms with Crippen LogP contribution in [-0.4, -0.2) is 64.5 Å². The number of para-hydroxylation sites is 1. The molecule has 2 fully saturated rings. The van der Waals surface area contributed by atoms with E-state index in [0.717, 1.165) is 79.7 Å². The zero-order valence-corrected chi connectivity index (χ0v) is 17.6. The van der Waals surface area contributed by atoms with Gasteiger partial charge in [-0.1, -0.05) is 17.7 Å². The summed E-state index contributed by atoms with van der Waals surface area (Å²) in [5.74, 6) is 1.01. The van der Waals surface area contributed by atoms with Gasteiger partial charge in [-0.2, -0.15) is 0 Å². The maximum atomic E-state index is 6.43. The van der Waals surface area contributed by atoms with E-state index in [1.165, 1.54) is 5.69 Å². The van der Waals surface area contributed by atoms with Crippen molar-refractivity contribution in [2.75, 3.05) is 44.7 Å². The summed E-state index contributed by atoms with van der Waals surface area (Å²) in [6.07, 6.45) is 4.08. The Morgan fingerprint density at radius 2 is 1.97 bits per heavy atom. The van der Waals surface area contributed by atoms with E-state index >= 15 is 0 Å². The normalized spacial score (nSPS) is 21.3. The highest BCUT2D eigenvalue weighted by atomic mass is 35.5. The minimum atomic E-state index is 0.258. The number of aromatic amines is 1. The van der Waals surface area contributed by atoms with Crippen molar-refractivity contribution in [1.82, 2.24) is 24.8 Å². The van der Waals surface area contributed by atoms with Gasteiger partial charge in [0.05, 0.1) is 34.5 Å². The van der Waals surface area contributed by atoms with Gasteiger partial charge in [0.15, 0.2) is 0 Å². The molecule has 1 aromatic carbocycles. The van der Waals surface area contributed by atoms with Crippen LogP contribution in [0.15, 0.2) is 36.5 Å². The first-order chi connectivity index (χ1) is 14.2. The number of anilines is 1. The number of nitrogens with one attached hydrogen (secondary N) is 1. The number of benzene rings is 1. The molecule has 0 saturated carbocycles. The lowest BCUT2D eigenvalue weighted by atomic mass is 10.1. The van der Waals surface area contributed by atoms with Gasteiger partial charge in [0, 0.05) is 32.4 Å². The lowest BCUT2D eigenvalue weighted by molar-refractivity contribution is 0.239. The molecule has 1 unspecified atom stereocenters. The molecule has 2 aliphatic heterocycles. The number of likely N-dealkylation sites (N-methyl/N-ethyl adjacent to an activating group) is 1. The zero-order valence-electron chi connectivity index (χ0n) is 16.8. The highest BCUT2D eigenvalue weighted by molar-refractivity contribution is 6.31. The van der Waals surface area contributed by atoms with Gasteiger partial charge in [-0.25, -0.2) is 4.98 Å². The largest absolute Gasteiger partial charge is 0.367 e. The van der Waals surface area contributed by atoms with Gasteiger partial charge >= 0.3 is 0 Å². The summed E-state index contributed by atoms with van der Waals surface area (Å²) in [7, 11) is 2.19. The molecule has 0 bridgehead atoms. The van der Waals surface area contributed by atoms with Crippen LogP contribution < -0.4 is 4.90 Å². The van der Waals surface area contributed by atoms with Gasteiger partial charge in [0.25, 0.3) is 0 Å². The van der Waals surface area contributed by atoms with Crippen molar-refractivity contribution >= 4 is 28.3 Å². The van der Waals surface area contributed by atoms with Crippen molar-refractivity contribution in [3.05, 3.63) is 53.1 Å². The third-order valence-corrected chi connectivity index (χ3v) is 6.52. The number of H-pyrrole nitrogens is 1. The van der Waals surface area contributed by atoms with Gasteiger partial charge in [0.2, 0.25) is 0 Å². The fraction of sp³-hybridized carbons (Fsp3) is 0.455. The van der Waals surface area contributed by atoms with Gasteiger partial charge < -0.3 is 14.8 Å². The van der Waals surface area contributed by atoms with Crippen molar-refractivity contribution in [2.45, 2.75) is 25.4 Å². The molecule has 2 aromatic heterocycles. The molecule has 1 N–H and O–H groups in total. The SMILES string of the molecule is CN1CCN(c2cccc3[nH]c(CN4CCCC4c4ncccc4Cl)nc23)CC1. The van der Waals surface area contributed by atoms with Crippen LogP contribution in [0.5, 0.6) is 0 Å². The molecular formula is C22H27ClN6. The standard InChI is InChI=1S/C22H27ClN6/c1-27-11-13-28(14-12-27)19-7-2-6-17-22(19)26-20(25-17)15-29-10-4-8-18(29)21-16(23)5-3-9-24-21/h2-3,5-7,9,18H,4,8,10-15H2,1H3,(H,25,26).